The zero-order chi connectivity index (χ0) is 24.9. The second kappa shape index (κ2) is 10.5. The Kier molecular flexibility index (Phi) is 8.23. The van der Waals surface area contributed by atoms with Gasteiger partial charge in [0, 0.05) is 17.8 Å². The third-order valence-electron chi connectivity index (χ3n) is 4.64. The molecule has 2 rings (SSSR count). The number of nitro benzene ring substituents is 1. The third kappa shape index (κ3) is 6.80. The molecule has 33 heavy (non-hydrogen) atoms. The molecule has 0 saturated carbocycles. The maximum atomic E-state index is 13.0. The van der Waals surface area contributed by atoms with Gasteiger partial charge in [-0.05, 0) is 38.2 Å². The van der Waals surface area contributed by atoms with Crippen LogP contribution < -0.4 is 15.4 Å². The topological polar surface area (TPSA) is 114 Å². The molecule has 1 atom stereocenters. The number of carbonyl (C=O) groups is 2. The number of nitro groups is 1. The maximum Gasteiger partial charge on any atom is 0.417 e. The van der Waals surface area contributed by atoms with Crippen molar-refractivity contribution in [1.82, 2.24) is 4.90 Å². The second-order valence-corrected chi connectivity index (χ2v) is 7.37. The van der Waals surface area contributed by atoms with Gasteiger partial charge in [0.25, 0.3) is 5.69 Å². The molecule has 0 saturated heterocycles. The molecule has 9 nitrogen and oxygen atoms in total. The van der Waals surface area contributed by atoms with Crippen LogP contribution in [-0.2, 0) is 15.8 Å². The van der Waals surface area contributed by atoms with Crippen molar-refractivity contribution in [2.45, 2.75) is 19.1 Å². The smallest absolute Gasteiger partial charge is 0.417 e. The molecular weight excluding hydrogens is 469 g/mol. The van der Waals surface area contributed by atoms with Crippen LogP contribution in [0.1, 0.15) is 12.5 Å². The van der Waals surface area contributed by atoms with Gasteiger partial charge in [-0.1, -0.05) is 11.6 Å². The molecule has 0 radical (unpaired) electrons. The number of hydrogen-bond acceptors (Lipinski definition) is 6. The van der Waals surface area contributed by atoms with E-state index in [2.05, 4.69) is 10.6 Å². The molecule has 0 aliphatic rings. The molecule has 0 unspecified atom stereocenters. The molecule has 0 spiro atoms. The Morgan fingerprint density at radius 3 is 2.45 bits per heavy atom. The van der Waals surface area contributed by atoms with Crippen molar-refractivity contribution in [2.75, 3.05) is 31.3 Å². The van der Waals surface area contributed by atoms with Gasteiger partial charge in [0.05, 0.1) is 40.9 Å². The zero-order valence-electron chi connectivity index (χ0n) is 17.7. The van der Waals surface area contributed by atoms with Crippen molar-refractivity contribution in [2.24, 2.45) is 0 Å². The number of amides is 2. The standard InChI is InChI=1S/C20H20ClF3N4O5/c1-11(19(30)26-16-9-13(28(31)32)5-7-17(16)33-3)27(2)10-18(29)25-12-4-6-15(21)14(8-12)20(22,23)24/h4-9,11H,10H2,1-3H3,(H,25,29)(H,26,30)/t11-/m1/s1. The Morgan fingerprint density at radius 2 is 1.88 bits per heavy atom. The van der Waals surface area contributed by atoms with Crippen molar-refractivity contribution in [3.8, 4) is 5.75 Å². The normalized spacial score (nSPS) is 12.2. The number of alkyl halides is 3. The van der Waals surface area contributed by atoms with Gasteiger partial charge in [-0.2, -0.15) is 13.2 Å². The molecule has 0 fully saturated rings. The minimum absolute atomic E-state index is 0.0715. The second-order valence-electron chi connectivity index (χ2n) is 6.96. The number of likely N-dealkylation sites (N-methyl/N-ethyl adjacent to an activating group) is 1. The number of non-ortho nitro benzene ring substituents is 1. The first kappa shape index (κ1) is 25.9. The van der Waals surface area contributed by atoms with E-state index < -0.39 is 39.5 Å². The number of anilines is 2. The van der Waals surface area contributed by atoms with E-state index in [1.54, 1.807) is 0 Å². The van der Waals surface area contributed by atoms with Crippen LogP contribution >= 0.6 is 11.6 Å². The van der Waals surface area contributed by atoms with Gasteiger partial charge in [0.15, 0.2) is 0 Å². The molecule has 2 aromatic rings. The molecule has 0 aromatic heterocycles. The minimum atomic E-state index is -4.69. The highest BCUT2D eigenvalue weighted by Gasteiger charge is 2.33. The number of rotatable bonds is 8. The summed E-state index contributed by atoms with van der Waals surface area (Å²) in [6.45, 7) is 1.15. The lowest BCUT2D eigenvalue weighted by Gasteiger charge is -2.23. The lowest BCUT2D eigenvalue weighted by Crippen LogP contribution is -2.43. The quantitative estimate of drug-likeness (QED) is 0.426. The Morgan fingerprint density at radius 1 is 1.21 bits per heavy atom. The fourth-order valence-electron chi connectivity index (χ4n) is 2.73. The molecule has 13 heteroatoms. The Balaban J connectivity index is 2.05. The van der Waals surface area contributed by atoms with Crippen LogP contribution in [-0.4, -0.2) is 48.4 Å². The van der Waals surface area contributed by atoms with E-state index in [1.165, 1.54) is 44.2 Å². The SMILES string of the molecule is COc1ccc([N+](=O)[O-])cc1NC(=O)[C@@H](C)N(C)CC(=O)Nc1ccc(Cl)c(C(F)(F)F)c1. The molecule has 2 amide bonds. The van der Waals surface area contributed by atoms with E-state index >= 15 is 0 Å². The van der Waals surface area contributed by atoms with Crippen LogP contribution in [0, 0.1) is 10.1 Å². The molecule has 178 valence electrons. The number of halogens is 4. The third-order valence-corrected chi connectivity index (χ3v) is 4.97. The van der Waals surface area contributed by atoms with Crippen LogP contribution in [0.5, 0.6) is 5.75 Å². The number of benzene rings is 2. The Hall–Kier alpha value is -3.38. The summed E-state index contributed by atoms with van der Waals surface area (Å²) in [4.78, 5) is 36.6. The minimum Gasteiger partial charge on any atom is -0.495 e. The fourth-order valence-corrected chi connectivity index (χ4v) is 2.95. The highest BCUT2D eigenvalue weighted by atomic mass is 35.5. The number of carbonyl (C=O) groups excluding carboxylic acids is 2. The average molecular weight is 489 g/mol. The molecule has 2 N–H and O–H groups in total. The van der Waals surface area contributed by atoms with Crippen LogP contribution in [0.2, 0.25) is 5.02 Å². The zero-order valence-corrected chi connectivity index (χ0v) is 18.5. The summed E-state index contributed by atoms with van der Waals surface area (Å²) in [5, 5.41) is 15.3. The van der Waals surface area contributed by atoms with Crippen molar-refractivity contribution >= 4 is 40.5 Å². The van der Waals surface area contributed by atoms with Gasteiger partial charge in [0.2, 0.25) is 11.8 Å². The van der Waals surface area contributed by atoms with Crippen LogP contribution in [0.15, 0.2) is 36.4 Å². The van der Waals surface area contributed by atoms with Crippen molar-refractivity contribution in [1.29, 1.82) is 0 Å². The van der Waals surface area contributed by atoms with Gasteiger partial charge in [-0.3, -0.25) is 24.6 Å². The molecule has 2 aromatic carbocycles. The monoisotopic (exact) mass is 488 g/mol. The summed E-state index contributed by atoms with van der Waals surface area (Å²) in [5.74, 6) is -1.06. The van der Waals surface area contributed by atoms with Crippen molar-refractivity contribution in [3.63, 3.8) is 0 Å². The van der Waals surface area contributed by atoms with Crippen LogP contribution in [0.3, 0.4) is 0 Å². The molecule has 0 heterocycles. The summed E-state index contributed by atoms with van der Waals surface area (Å²) < 4.78 is 44.0. The highest BCUT2D eigenvalue weighted by molar-refractivity contribution is 6.31. The Labute approximate surface area is 191 Å². The van der Waals surface area contributed by atoms with Crippen LogP contribution in [0.25, 0.3) is 0 Å². The van der Waals surface area contributed by atoms with Crippen molar-refractivity contribution in [3.05, 3.63) is 57.1 Å². The van der Waals surface area contributed by atoms with Crippen molar-refractivity contribution < 1.29 is 32.4 Å². The predicted molar refractivity (Wildman–Crippen MR) is 115 cm³/mol. The van der Waals surface area contributed by atoms with E-state index in [4.69, 9.17) is 16.3 Å². The predicted octanol–water partition coefficient (Wildman–Crippen LogP) is 4.17. The number of methoxy groups -OCH3 is 1. The van der Waals surface area contributed by atoms with Gasteiger partial charge < -0.3 is 15.4 Å². The largest absolute Gasteiger partial charge is 0.495 e. The summed E-state index contributed by atoms with van der Waals surface area (Å²) in [6.07, 6.45) is -4.69. The van der Waals surface area contributed by atoms with E-state index in [9.17, 15) is 32.9 Å². The highest BCUT2D eigenvalue weighted by Crippen LogP contribution is 2.36. The van der Waals surface area contributed by atoms with Gasteiger partial charge in [-0.25, -0.2) is 0 Å². The van der Waals surface area contributed by atoms with Gasteiger partial charge in [0.1, 0.15) is 5.75 Å². The summed E-state index contributed by atoms with van der Waals surface area (Å²) in [7, 11) is 2.79. The average Bonchev–Trinajstić information content (AvgIpc) is 2.73. The fraction of sp³-hybridized carbons (Fsp3) is 0.300. The molecule has 0 bridgehead atoms. The van der Waals surface area contributed by atoms with E-state index in [0.29, 0.717) is 6.07 Å². The van der Waals surface area contributed by atoms with Gasteiger partial charge in [-0.15, -0.1) is 0 Å². The summed E-state index contributed by atoms with van der Waals surface area (Å²) in [6, 6.07) is 5.76. The van der Waals surface area contributed by atoms with Gasteiger partial charge >= 0.3 is 6.18 Å². The molecule has 0 aliphatic heterocycles. The van der Waals surface area contributed by atoms with Crippen LogP contribution in [0.4, 0.5) is 30.2 Å². The number of nitrogens with one attached hydrogen (secondary N) is 2. The summed E-state index contributed by atoms with van der Waals surface area (Å²) >= 11 is 5.56. The molecule has 0 aliphatic carbocycles. The number of ether oxygens (including phenoxy) is 1. The van der Waals surface area contributed by atoms with E-state index in [1.807, 2.05) is 0 Å². The van der Waals surface area contributed by atoms with E-state index in [-0.39, 0.29) is 29.4 Å². The first-order valence-corrected chi connectivity index (χ1v) is 9.71. The number of hydrogen-bond donors (Lipinski definition) is 2. The summed E-state index contributed by atoms with van der Waals surface area (Å²) in [5.41, 5.74) is -1.38. The Bertz CT molecular complexity index is 1060. The number of nitrogens with zero attached hydrogens (tertiary/aromatic N) is 2. The maximum absolute atomic E-state index is 13.0. The lowest BCUT2D eigenvalue weighted by molar-refractivity contribution is -0.384. The van der Waals surface area contributed by atoms with E-state index in [0.717, 1.165) is 12.1 Å². The lowest BCUT2D eigenvalue weighted by atomic mass is 10.2. The first-order chi connectivity index (χ1) is 15.3. The molecular formula is C20H20ClF3N4O5. The first-order valence-electron chi connectivity index (χ1n) is 9.33.